The van der Waals surface area contributed by atoms with Gasteiger partial charge in [-0.3, -0.25) is 0 Å². The third-order valence-corrected chi connectivity index (χ3v) is 5.22. The van der Waals surface area contributed by atoms with Crippen molar-refractivity contribution in [1.29, 1.82) is 0 Å². The molecular weight excluding hydrogens is 380 g/mol. The molecule has 29 heavy (non-hydrogen) atoms. The van der Waals surface area contributed by atoms with Gasteiger partial charge in [-0.25, -0.2) is 4.39 Å². The molecule has 148 valence electrons. The lowest BCUT2D eigenvalue weighted by Crippen LogP contribution is -2.08. The van der Waals surface area contributed by atoms with Gasteiger partial charge in [-0.15, -0.1) is 0 Å². The van der Waals surface area contributed by atoms with Gasteiger partial charge in [-0.1, -0.05) is 30.3 Å². The summed E-state index contributed by atoms with van der Waals surface area (Å²) >= 11 is 0. The van der Waals surface area contributed by atoms with E-state index in [1.165, 1.54) is 24.3 Å². The van der Waals surface area contributed by atoms with Gasteiger partial charge >= 0.3 is 6.18 Å². The lowest BCUT2D eigenvalue weighted by atomic mass is 9.79. The van der Waals surface area contributed by atoms with Crippen LogP contribution < -0.4 is 4.74 Å². The van der Waals surface area contributed by atoms with Crippen LogP contribution >= 0.6 is 0 Å². The van der Waals surface area contributed by atoms with E-state index in [-0.39, 0.29) is 5.82 Å². The van der Waals surface area contributed by atoms with Crippen LogP contribution in [-0.2, 0) is 12.6 Å². The number of halogens is 4. The molecular formula is C24H18F4O. The van der Waals surface area contributed by atoms with Crippen LogP contribution in [0, 0.1) is 5.82 Å². The molecule has 1 nitrogen and oxygen atoms in total. The van der Waals surface area contributed by atoms with E-state index >= 15 is 0 Å². The molecule has 4 rings (SSSR count). The van der Waals surface area contributed by atoms with Crippen molar-refractivity contribution in [2.75, 3.05) is 7.11 Å². The smallest absolute Gasteiger partial charge is 0.416 e. The molecule has 0 fully saturated rings. The van der Waals surface area contributed by atoms with Crippen LogP contribution in [0.25, 0.3) is 11.1 Å². The first kappa shape index (κ1) is 19.2. The molecule has 3 aromatic rings. The Hall–Kier alpha value is -3.08. The fourth-order valence-corrected chi connectivity index (χ4v) is 3.79. The number of aryl methyl sites for hydroxylation is 1. The lowest BCUT2D eigenvalue weighted by Gasteiger charge is -2.25. The molecule has 0 atom stereocenters. The number of hydrogen-bond donors (Lipinski definition) is 0. The molecule has 3 aromatic carbocycles. The second-order valence-electron chi connectivity index (χ2n) is 6.96. The summed E-state index contributed by atoms with van der Waals surface area (Å²) in [6, 6.07) is 17.2. The molecule has 5 heteroatoms. The highest BCUT2D eigenvalue weighted by molar-refractivity contribution is 6.00. The van der Waals surface area contributed by atoms with Crippen LogP contribution in [0.4, 0.5) is 17.6 Å². The molecule has 0 N–H and O–H groups in total. The van der Waals surface area contributed by atoms with Crippen molar-refractivity contribution in [3.05, 3.63) is 100 Å². The van der Waals surface area contributed by atoms with Crippen molar-refractivity contribution >= 4 is 11.1 Å². The zero-order chi connectivity index (χ0) is 20.6. The van der Waals surface area contributed by atoms with Gasteiger partial charge in [-0.05, 0) is 82.6 Å². The summed E-state index contributed by atoms with van der Waals surface area (Å²) in [5.41, 5.74) is 4.76. The number of alkyl halides is 3. The number of allylic oxidation sites excluding steroid dienone is 1. The Bertz CT molecular complexity index is 1060. The van der Waals surface area contributed by atoms with Gasteiger partial charge in [0.1, 0.15) is 11.6 Å². The maximum absolute atomic E-state index is 13.4. The van der Waals surface area contributed by atoms with Crippen LogP contribution in [0.2, 0.25) is 0 Å². The molecule has 1 aliphatic carbocycles. The predicted octanol–water partition coefficient (Wildman–Crippen LogP) is 6.76. The molecule has 0 unspecified atom stereocenters. The van der Waals surface area contributed by atoms with Crippen molar-refractivity contribution < 1.29 is 22.3 Å². The van der Waals surface area contributed by atoms with Crippen LogP contribution in [0.15, 0.2) is 66.7 Å². The largest absolute Gasteiger partial charge is 0.497 e. The molecule has 0 aliphatic heterocycles. The van der Waals surface area contributed by atoms with E-state index < -0.39 is 11.7 Å². The number of ether oxygens (including phenoxy) is 1. The van der Waals surface area contributed by atoms with Gasteiger partial charge in [0, 0.05) is 0 Å². The molecule has 0 radical (unpaired) electrons. The fourth-order valence-electron chi connectivity index (χ4n) is 3.79. The number of rotatable bonds is 3. The van der Waals surface area contributed by atoms with Gasteiger partial charge in [0.25, 0.3) is 0 Å². The highest BCUT2D eigenvalue weighted by Crippen LogP contribution is 2.42. The molecule has 0 saturated carbocycles. The van der Waals surface area contributed by atoms with Crippen molar-refractivity contribution in [1.82, 2.24) is 0 Å². The van der Waals surface area contributed by atoms with E-state index in [0.717, 1.165) is 52.1 Å². The van der Waals surface area contributed by atoms with Crippen molar-refractivity contribution in [2.24, 2.45) is 0 Å². The summed E-state index contributed by atoms with van der Waals surface area (Å²) in [5.74, 6) is 0.409. The average Bonchev–Trinajstić information content (AvgIpc) is 2.72. The van der Waals surface area contributed by atoms with E-state index in [9.17, 15) is 17.6 Å². The Balaban J connectivity index is 1.91. The Morgan fingerprint density at radius 1 is 0.793 bits per heavy atom. The maximum Gasteiger partial charge on any atom is 0.416 e. The molecule has 0 amide bonds. The minimum absolute atomic E-state index is 0.327. The predicted molar refractivity (Wildman–Crippen MR) is 105 cm³/mol. The van der Waals surface area contributed by atoms with E-state index in [1.807, 2.05) is 18.2 Å². The maximum atomic E-state index is 13.4. The van der Waals surface area contributed by atoms with E-state index in [1.54, 1.807) is 19.2 Å². The first-order chi connectivity index (χ1) is 13.9. The monoisotopic (exact) mass is 398 g/mol. The van der Waals surface area contributed by atoms with E-state index in [4.69, 9.17) is 4.74 Å². The number of fused-ring (bicyclic) bond motifs is 1. The zero-order valence-electron chi connectivity index (χ0n) is 15.7. The summed E-state index contributed by atoms with van der Waals surface area (Å²) in [6.45, 7) is 0. The second kappa shape index (κ2) is 7.39. The summed E-state index contributed by atoms with van der Waals surface area (Å²) in [5, 5.41) is 0. The Morgan fingerprint density at radius 2 is 1.45 bits per heavy atom. The van der Waals surface area contributed by atoms with Crippen LogP contribution in [-0.4, -0.2) is 7.11 Å². The normalized spacial score (nSPS) is 14.0. The zero-order valence-corrected chi connectivity index (χ0v) is 15.7. The minimum Gasteiger partial charge on any atom is -0.497 e. The SMILES string of the molecule is COc1ccc2c(c1)CCC(c1ccc(F)cc1)=C2c1ccc(C(F)(F)F)cc1. The van der Waals surface area contributed by atoms with Crippen molar-refractivity contribution in [3.63, 3.8) is 0 Å². The third-order valence-electron chi connectivity index (χ3n) is 5.22. The van der Waals surface area contributed by atoms with Gasteiger partial charge in [-0.2, -0.15) is 13.2 Å². The van der Waals surface area contributed by atoms with Gasteiger partial charge in [0.2, 0.25) is 0 Å². The molecule has 1 aliphatic rings. The number of methoxy groups -OCH3 is 1. The first-order valence-corrected chi connectivity index (χ1v) is 9.21. The van der Waals surface area contributed by atoms with E-state index in [2.05, 4.69) is 0 Å². The van der Waals surface area contributed by atoms with E-state index in [0.29, 0.717) is 12.0 Å². The third kappa shape index (κ3) is 3.77. The second-order valence-corrected chi connectivity index (χ2v) is 6.96. The summed E-state index contributed by atoms with van der Waals surface area (Å²) < 4.78 is 57.7. The van der Waals surface area contributed by atoms with Crippen LogP contribution in [0.3, 0.4) is 0 Å². The van der Waals surface area contributed by atoms with Gasteiger partial charge < -0.3 is 4.74 Å². The fraction of sp³-hybridized carbons (Fsp3) is 0.167. The molecule has 0 aromatic heterocycles. The average molecular weight is 398 g/mol. The highest BCUT2D eigenvalue weighted by Gasteiger charge is 2.30. The van der Waals surface area contributed by atoms with Crippen molar-refractivity contribution in [2.45, 2.75) is 19.0 Å². The number of benzene rings is 3. The minimum atomic E-state index is -4.38. The molecule has 0 heterocycles. The number of hydrogen-bond acceptors (Lipinski definition) is 1. The first-order valence-electron chi connectivity index (χ1n) is 9.21. The van der Waals surface area contributed by atoms with Gasteiger partial charge in [0.15, 0.2) is 0 Å². The summed E-state index contributed by atoms with van der Waals surface area (Å²) in [4.78, 5) is 0. The molecule has 0 spiro atoms. The molecule has 0 bridgehead atoms. The Kier molecular flexibility index (Phi) is 4.91. The highest BCUT2D eigenvalue weighted by atomic mass is 19.4. The summed E-state index contributed by atoms with van der Waals surface area (Å²) in [7, 11) is 1.60. The standard InChI is InChI=1S/C24H18F4O/c1-29-20-11-13-22-17(14-20)6-12-21(15-4-9-19(25)10-5-15)23(22)16-2-7-18(8-3-16)24(26,27)28/h2-5,7-11,13-14H,6,12H2,1H3. The topological polar surface area (TPSA) is 9.23 Å². The van der Waals surface area contributed by atoms with Crippen LogP contribution in [0.5, 0.6) is 5.75 Å². The quantitative estimate of drug-likeness (QED) is 0.443. The molecule has 0 saturated heterocycles. The van der Waals surface area contributed by atoms with Crippen molar-refractivity contribution in [3.8, 4) is 5.75 Å². The summed E-state index contributed by atoms with van der Waals surface area (Å²) in [6.07, 6.45) is -2.92. The lowest BCUT2D eigenvalue weighted by molar-refractivity contribution is -0.137. The van der Waals surface area contributed by atoms with Gasteiger partial charge in [0.05, 0.1) is 12.7 Å². The van der Waals surface area contributed by atoms with Crippen LogP contribution in [0.1, 0.15) is 34.2 Å². The Labute approximate surface area is 166 Å². The Morgan fingerprint density at radius 3 is 2.07 bits per heavy atom.